The third-order valence-electron chi connectivity index (χ3n) is 5.08. The lowest BCUT2D eigenvalue weighted by atomic mass is 10.2. The van der Waals surface area contributed by atoms with Crippen LogP contribution >= 0.6 is 11.6 Å². The van der Waals surface area contributed by atoms with E-state index >= 15 is 0 Å². The summed E-state index contributed by atoms with van der Waals surface area (Å²) in [5.41, 5.74) is 0.761. The van der Waals surface area contributed by atoms with Crippen molar-refractivity contribution in [2.45, 2.75) is 11.4 Å². The molecule has 0 saturated heterocycles. The van der Waals surface area contributed by atoms with Gasteiger partial charge in [-0.2, -0.15) is 8.42 Å². The largest absolute Gasteiger partial charge is 0.423 e. The van der Waals surface area contributed by atoms with Gasteiger partial charge in [0.2, 0.25) is 0 Å². The first-order chi connectivity index (χ1) is 16.3. The Morgan fingerprint density at radius 3 is 2.68 bits per heavy atom. The Labute approximate surface area is 198 Å². The minimum atomic E-state index is -3.84. The SMILES string of the molecule is O=C(Cn1cnc2ccccc2c1=O)Oc1ccc(Cl)cc1NC1=NS(=O)(=O)c2ccccc21. The standard InChI is InChI=1S/C23H15ClN4O5S/c24-14-9-10-19(18(11-14)26-22-16-6-2-4-8-20(16)34(31,32)27-22)33-21(29)12-28-13-25-17-7-3-1-5-15(17)23(28)30/h1-11,13H,12H2,(H,26,27). The maximum absolute atomic E-state index is 12.6. The summed E-state index contributed by atoms with van der Waals surface area (Å²) in [4.78, 5) is 29.6. The number of amidine groups is 1. The number of aromatic nitrogens is 2. The molecule has 0 radical (unpaired) electrons. The van der Waals surface area contributed by atoms with Crippen LogP contribution in [0, 0.1) is 0 Å². The van der Waals surface area contributed by atoms with E-state index in [0.29, 0.717) is 21.5 Å². The first kappa shape index (κ1) is 21.8. The Bertz CT molecular complexity index is 1660. The molecule has 170 valence electrons. The number of rotatable bonds is 4. The molecule has 1 aliphatic heterocycles. The van der Waals surface area contributed by atoms with Crippen molar-refractivity contribution in [3.8, 4) is 5.75 Å². The number of sulfonamides is 1. The molecule has 5 rings (SSSR count). The summed E-state index contributed by atoms with van der Waals surface area (Å²) >= 11 is 6.11. The summed E-state index contributed by atoms with van der Waals surface area (Å²) in [5, 5.41) is 3.60. The zero-order valence-corrected chi connectivity index (χ0v) is 18.9. The second-order valence-corrected chi connectivity index (χ2v) is 9.35. The second kappa shape index (κ2) is 8.40. The summed E-state index contributed by atoms with van der Waals surface area (Å²) in [6, 6.07) is 17.6. The molecule has 0 atom stereocenters. The van der Waals surface area contributed by atoms with Gasteiger partial charge in [-0.15, -0.1) is 4.40 Å². The van der Waals surface area contributed by atoms with E-state index in [1.165, 1.54) is 30.6 Å². The van der Waals surface area contributed by atoms with Crippen molar-refractivity contribution < 1.29 is 17.9 Å². The van der Waals surface area contributed by atoms with E-state index in [1.807, 2.05) is 0 Å². The number of hydrogen-bond donors (Lipinski definition) is 1. The molecular weight excluding hydrogens is 480 g/mol. The van der Waals surface area contributed by atoms with Crippen LogP contribution in [-0.4, -0.2) is 29.8 Å². The number of esters is 1. The number of anilines is 1. The highest BCUT2D eigenvalue weighted by Crippen LogP contribution is 2.32. The maximum Gasteiger partial charge on any atom is 0.331 e. The number of carbonyl (C=O) groups is 1. The second-order valence-electron chi connectivity index (χ2n) is 7.35. The fourth-order valence-corrected chi connectivity index (χ4v) is 4.87. The number of nitrogens with zero attached hydrogens (tertiary/aromatic N) is 3. The van der Waals surface area contributed by atoms with Crippen LogP contribution in [0.25, 0.3) is 10.9 Å². The Balaban J connectivity index is 1.42. The minimum Gasteiger partial charge on any atom is -0.423 e. The van der Waals surface area contributed by atoms with Gasteiger partial charge in [0.15, 0.2) is 11.6 Å². The molecule has 0 fully saturated rings. The lowest BCUT2D eigenvalue weighted by Gasteiger charge is -2.13. The Kier molecular flexibility index (Phi) is 5.39. The molecule has 11 heteroatoms. The van der Waals surface area contributed by atoms with Crippen LogP contribution in [0.2, 0.25) is 5.02 Å². The van der Waals surface area contributed by atoms with E-state index in [4.69, 9.17) is 16.3 Å². The van der Waals surface area contributed by atoms with Crippen molar-refractivity contribution in [1.29, 1.82) is 0 Å². The summed E-state index contributed by atoms with van der Waals surface area (Å²) in [7, 11) is -3.84. The number of nitrogens with one attached hydrogen (secondary N) is 1. The first-order valence-electron chi connectivity index (χ1n) is 9.98. The van der Waals surface area contributed by atoms with E-state index in [-0.39, 0.29) is 34.3 Å². The molecule has 34 heavy (non-hydrogen) atoms. The molecule has 1 aliphatic rings. The van der Waals surface area contributed by atoms with Crippen LogP contribution in [-0.2, 0) is 21.4 Å². The van der Waals surface area contributed by atoms with Gasteiger partial charge in [0, 0.05) is 10.6 Å². The molecule has 0 saturated carbocycles. The van der Waals surface area contributed by atoms with Gasteiger partial charge in [0.1, 0.15) is 11.4 Å². The van der Waals surface area contributed by atoms with Gasteiger partial charge in [-0.3, -0.25) is 9.36 Å². The molecule has 1 N–H and O–H groups in total. The van der Waals surface area contributed by atoms with Crippen LogP contribution < -0.4 is 15.6 Å². The maximum atomic E-state index is 12.6. The zero-order valence-electron chi connectivity index (χ0n) is 17.3. The molecule has 4 aromatic rings. The number of fused-ring (bicyclic) bond motifs is 2. The predicted octanol–water partition coefficient (Wildman–Crippen LogP) is 3.22. The molecule has 9 nitrogen and oxygen atoms in total. The summed E-state index contributed by atoms with van der Waals surface area (Å²) in [5.74, 6) is -0.572. The highest BCUT2D eigenvalue weighted by Gasteiger charge is 2.29. The van der Waals surface area contributed by atoms with Crippen molar-refractivity contribution >= 4 is 50.0 Å². The highest BCUT2D eigenvalue weighted by atomic mass is 35.5. The lowest BCUT2D eigenvalue weighted by Crippen LogP contribution is -2.27. The molecule has 0 amide bonds. The molecule has 0 aliphatic carbocycles. The smallest absolute Gasteiger partial charge is 0.331 e. The van der Waals surface area contributed by atoms with Crippen molar-refractivity contribution in [2.75, 3.05) is 5.32 Å². The topological polar surface area (TPSA) is 120 Å². The van der Waals surface area contributed by atoms with Gasteiger partial charge in [0.05, 0.1) is 22.9 Å². The molecule has 0 bridgehead atoms. The van der Waals surface area contributed by atoms with E-state index in [0.717, 1.165) is 4.57 Å². The fraction of sp³-hybridized carbons (Fsp3) is 0.0435. The summed E-state index contributed by atoms with van der Waals surface area (Å²) in [6.45, 7) is -0.378. The molecule has 3 aromatic carbocycles. The normalized spacial score (nSPS) is 13.9. The lowest BCUT2D eigenvalue weighted by molar-refractivity contribution is -0.135. The molecule has 2 heterocycles. The Hall–Kier alpha value is -4.02. The number of carbonyl (C=O) groups excluding carboxylic acids is 1. The Morgan fingerprint density at radius 1 is 1.06 bits per heavy atom. The van der Waals surface area contributed by atoms with Crippen LogP contribution in [0.3, 0.4) is 0 Å². The molecule has 0 unspecified atom stereocenters. The number of halogens is 1. The van der Waals surface area contributed by atoms with Gasteiger partial charge in [0.25, 0.3) is 15.6 Å². The van der Waals surface area contributed by atoms with E-state index < -0.39 is 16.0 Å². The predicted molar refractivity (Wildman–Crippen MR) is 127 cm³/mol. The van der Waals surface area contributed by atoms with Crippen molar-refractivity contribution in [3.05, 3.63) is 94.0 Å². The number of benzene rings is 3. The van der Waals surface area contributed by atoms with Crippen LogP contribution in [0.5, 0.6) is 5.75 Å². The quantitative estimate of drug-likeness (QED) is 0.341. The van der Waals surface area contributed by atoms with Gasteiger partial charge >= 0.3 is 5.97 Å². The van der Waals surface area contributed by atoms with Gasteiger partial charge in [-0.25, -0.2) is 9.78 Å². The van der Waals surface area contributed by atoms with Crippen LogP contribution in [0.15, 0.2) is 87.1 Å². The van der Waals surface area contributed by atoms with Crippen molar-refractivity contribution in [2.24, 2.45) is 4.40 Å². The molecule has 1 aromatic heterocycles. The third kappa shape index (κ3) is 4.04. The molecule has 0 spiro atoms. The summed E-state index contributed by atoms with van der Waals surface area (Å²) in [6.07, 6.45) is 1.28. The van der Waals surface area contributed by atoms with E-state index in [2.05, 4.69) is 14.7 Å². The van der Waals surface area contributed by atoms with Gasteiger partial charge in [-0.05, 0) is 42.5 Å². The first-order valence-corrected chi connectivity index (χ1v) is 11.8. The third-order valence-corrected chi connectivity index (χ3v) is 6.65. The van der Waals surface area contributed by atoms with Crippen LogP contribution in [0.4, 0.5) is 5.69 Å². The van der Waals surface area contributed by atoms with E-state index in [9.17, 15) is 18.0 Å². The van der Waals surface area contributed by atoms with Crippen LogP contribution in [0.1, 0.15) is 5.56 Å². The molecular formula is C23H15ClN4O5S. The minimum absolute atomic E-state index is 0.0706. The summed E-state index contributed by atoms with van der Waals surface area (Å²) < 4.78 is 35.1. The van der Waals surface area contributed by atoms with Gasteiger partial charge < -0.3 is 10.1 Å². The monoisotopic (exact) mass is 494 g/mol. The average molecular weight is 495 g/mol. The van der Waals surface area contributed by atoms with E-state index in [1.54, 1.807) is 42.5 Å². The number of para-hydroxylation sites is 1. The van der Waals surface area contributed by atoms with Crippen molar-refractivity contribution in [1.82, 2.24) is 9.55 Å². The fourth-order valence-electron chi connectivity index (χ4n) is 3.53. The number of ether oxygens (including phenoxy) is 1. The highest BCUT2D eigenvalue weighted by molar-refractivity contribution is 7.90. The zero-order chi connectivity index (χ0) is 23.9. The Morgan fingerprint density at radius 2 is 1.82 bits per heavy atom. The average Bonchev–Trinajstić information content (AvgIpc) is 3.08. The number of hydrogen-bond acceptors (Lipinski definition) is 7. The van der Waals surface area contributed by atoms with Crippen molar-refractivity contribution in [3.63, 3.8) is 0 Å². The van der Waals surface area contributed by atoms with Gasteiger partial charge in [-0.1, -0.05) is 35.9 Å².